The van der Waals surface area contributed by atoms with E-state index in [0.717, 1.165) is 42.0 Å². The molecule has 0 aliphatic rings. The van der Waals surface area contributed by atoms with E-state index >= 15 is 0 Å². The first-order valence-corrected chi connectivity index (χ1v) is 10.3. The van der Waals surface area contributed by atoms with Gasteiger partial charge in [0, 0.05) is 17.8 Å². The van der Waals surface area contributed by atoms with Crippen molar-refractivity contribution in [1.29, 1.82) is 0 Å². The Labute approximate surface area is 177 Å². The number of carbonyl (C=O) groups excluding carboxylic acids is 2. The zero-order valence-corrected chi connectivity index (χ0v) is 17.7. The molecule has 0 bridgehead atoms. The lowest BCUT2D eigenvalue weighted by atomic mass is 10.1. The van der Waals surface area contributed by atoms with E-state index < -0.39 is 0 Å². The van der Waals surface area contributed by atoms with E-state index in [-0.39, 0.29) is 18.2 Å². The fourth-order valence-corrected chi connectivity index (χ4v) is 3.31. The molecule has 6 nitrogen and oxygen atoms in total. The van der Waals surface area contributed by atoms with Crippen LogP contribution in [0.4, 0.5) is 11.4 Å². The molecule has 1 aromatic heterocycles. The van der Waals surface area contributed by atoms with Crippen molar-refractivity contribution >= 4 is 23.2 Å². The van der Waals surface area contributed by atoms with Crippen LogP contribution in [0.3, 0.4) is 0 Å². The predicted octanol–water partition coefficient (Wildman–Crippen LogP) is 4.73. The van der Waals surface area contributed by atoms with Crippen molar-refractivity contribution in [2.75, 3.05) is 10.6 Å². The highest BCUT2D eigenvalue weighted by Gasteiger charge is 2.15. The monoisotopic (exact) mass is 404 g/mol. The Bertz CT molecular complexity index is 1020. The minimum Gasteiger partial charge on any atom is -0.326 e. The molecule has 0 radical (unpaired) electrons. The van der Waals surface area contributed by atoms with E-state index in [9.17, 15) is 9.59 Å². The van der Waals surface area contributed by atoms with Crippen molar-refractivity contribution in [2.45, 2.75) is 46.6 Å². The summed E-state index contributed by atoms with van der Waals surface area (Å²) in [5.41, 5.74) is 4.50. The summed E-state index contributed by atoms with van der Waals surface area (Å²) in [5, 5.41) is 10.4. The number of hydrogen-bond donors (Lipinski definition) is 2. The predicted molar refractivity (Wildman–Crippen MR) is 120 cm³/mol. The maximum absolute atomic E-state index is 12.8. The van der Waals surface area contributed by atoms with Crippen LogP contribution < -0.4 is 10.6 Å². The number of benzene rings is 2. The maximum Gasteiger partial charge on any atom is 0.255 e. The average molecular weight is 405 g/mol. The van der Waals surface area contributed by atoms with Gasteiger partial charge in [-0.3, -0.25) is 14.3 Å². The highest BCUT2D eigenvalue weighted by atomic mass is 16.2. The molecule has 0 atom stereocenters. The molecule has 0 saturated heterocycles. The number of amides is 2. The van der Waals surface area contributed by atoms with Gasteiger partial charge in [-0.25, -0.2) is 0 Å². The SMILES string of the molecule is CCCCn1nc(C)c(NC(=O)c2cccc(NC(=O)Cc3ccccc3)c2)c1C. The van der Waals surface area contributed by atoms with Crippen molar-refractivity contribution in [3.8, 4) is 0 Å². The summed E-state index contributed by atoms with van der Waals surface area (Å²) in [5.74, 6) is -0.349. The van der Waals surface area contributed by atoms with Gasteiger partial charge in [0.25, 0.3) is 5.91 Å². The number of aryl methyl sites for hydroxylation is 2. The second kappa shape index (κ2) is 9.87. The quantitative estimate of drug-likeness (QED) is 0.570. The molecule has 2 N–H and O–H groups in total. The molecule has 0 unspecified atom stereocenters. The van der Waals surface area contributed by atoms with Gasteiger partial charge in [-0.1, -0.05) is 49.7 Å². The first kappa shape index (κ1) is 21.3. The van der Waals surface area contributed by atoms with E-state index in [1.54, 1.807) is 24.3 Å². The van der Waals surface area contributed by atoms with Crippen molar-refractivity contribution in [3.63, 3.8) is 0 Å². The summed E-state index contributed by atoms with van der Waals surface area (Å²) < 4.78 is 1.94. The number of rotatable bonds is 8. The van der Waals surface area contributed by atoms with Crippen LogP contribution in [-0.2, 0) is 17.8 Å². The van der Waals surface area contributed by atoms with Crippen molar-refractivity contribution in [3.05, 3.63) is 77.1 Å². The standard InChI is InChI=1S/C24H28N4O2/c1-4-5-14-28-18(3)23(17(2)27-28)26-24(30)20-12-9-13-21(16-20)25-22(29)15-19-10-7-6-8-11-19/h6-13,16H,4-5,14-15H2,1-3H3,(H,25,29)(H,26,30). The smallest absolute Gasteiger partial charge is 0.255 e. The molecule has 0 aliphatic carbocycles. The third-order valence-electron chi connectivity index (χ3n) is 4.96. The minimum atomic E-state index is -0.226. The summed E-state index contributed by atoms with van der Waals surface area (Å²) in [6, 6.07) is 16.5. The molecule has 2 aromatic carbocycles. The van der Waals surface area contributed by atoms with E-state index in [4.69, 9.17) is 0 Å². The minimum absolute atomic E-state index is 0.123. The Morgan fingerprint density at radius 3 is 2.50 bits per heavy atom. The summed E-state index contributed by atoms with van der Waals surface area (Å²) in [6.07, 6.45) is 2.41. The zero-order chi connectivity index (χ0) is 21.5. The molecule has 1 heterocycles. The van der Waals surface area contributed by atoms with Gasteiger partial charge in [0.05, 0.1) is 23.5 Å². The third-order valence-corrected chi connectivity index (χ3v) is 4.96. The summed E-state index contributed by atoms with van der Waals surface area (Å²) in [7, 11) is 0. The number of anilines is 2. The summed E-state index contributed by atoms with van der Waals surface area (Å²) in [4.78, 5) is 25.1. The van der Waals surface area contributed by atoms with Crippen LogP contribution >= 0.6 is 0 Å². The number of unbranched alkanes of at least 4 members (excludes halogenated alkanes) is 1. The molecule has 0 saturated carbocycles. The Hall–Kier alpha value is -3.41. The molecule has 156 valence electrons. The lowest BCUT2D eigenvalue weighted by molar-refractivity contribution is -0.115. The van der Waals surface area contributed by atoms with Crippen LogP contribution in [0.1, 0.15) is 47.1 Å². The van der Waals surface area contributed by atoms with E-state index in [1.165, 1.54) is 0 Å². The van der Waals surface area contributed by atoms with Gasteiger partial charge in [-0.05, 0) is 44.0 Å². The van der Waals surface area contributed by atoms with Crippen LogP contribution in [0.5, 0.6) is 0 Å². The van der Waals surface area contributed by atoms with Crippen molar-refractivity contribution in [2.24, 2.45) is 0 Å². The number of nitrogens with one attached hydrogen (secondary N) is 2. The molecule has 6 heteroatoms. The molecule has 3 aromatic rings. The highest BCUT2D eigenvalue weighted by Crippen LogP contribution is 2.21. The van der Waals surface area contributed by atoms with Crippen molar-refractivity contribution < 1.29 is 9.59 Å². The van der Waals surface area contributed by atoms with Gasteiger partial charge < -0.3 is 10.6 Å². The first-order valence-electron chi connectivity index (χ1n) is 10.3. The highest BCUT2D eigenvalue weighted by molar-refractivity contribution is 6.06. The normalized spacial score (nSPS) is 10.6. The Balaban J connectivity index is 1.67. The molecular formula is C24H28N4O2. The number of aromatic nitrogens is 2. The van der Waals surface area contributed by atoms with E-state index in [2.05, 4.69) is 22.7 Å². The summed E-state index contributed by atoms with van der Waals surface area (Å²) in [6.45, 7) is 6.83. The van der Waals surface area contributed by atoms with E-state index in [1.807, 2.05) is 48.9 Å². The molecular weight excluding hydrogens is 376 g/mol. The van der Waals surface area contributed by atoms with Crippen LogP contribution in [0.15, 0.2) is 54.6 Å². The summed E-state index contributed by atoms with van der Waals surface area (Å²) >= 11 is 0. The Kier molecular flexibility index (Phi) is 7.01. The Morgan fingerprint density at radius 1 is 1.00 bits per heavy atom. The van der Waals surface area contributed by atoms with Crippen LogP contribution in [0, 0.1) is 13.8 Å². The van der Waals surface area contributed by atoms with Gasteiger partial charge in [0.1, 0.15) is 0 Å². The molecule has 2 amide bonds. The fraction of sp³-hybridized carbons (Fsp3) is 0.292. The van der Waals surface area contributed by atoms with Gasteiger partial charge in [0.2, 0.25) is 5.91 Å². The lowest BCUT2D eigenvalue weighted by Crippen LogP contribution is -2.16. The Morgan fingerprint density at radius 2 is 1.77 bits per heavy atom. The molecule has 0 fully saturated rings. The van der Waals surface area contributed by atoms with E-state index in [0.29, 0.717) is 11.3 Å². The number of hydrogen-bond acceptors (Lipinski definition) is 3. The molecule has 0 aliphatic heterocycles. The lowest BCUT2D eigenvalue weighted by Gasteiger charge is -2.09. The maximum atomic E-state index is 12.8. The third kappa shape index (κ3) is 5.35. The molecule has 0 spiro atoms. The first-order chi connectivity index (χ1) is 14.5. The zero-order valence-electron chi connectivity index (χ0n) is 17.7. The van der Waals surface area contributed by atoms with Crippen molar-refractivity contribution in [1.82, 2.24) is 9.78 Å². The van der Waals surface area contributed by atoms with Gasteiger partial charge in [-0.15, -0.1) is 0 Å². The van der Waals surface area contributed by atoms with Crippen LogP contribution in [0.25, 0.3) is 0 Å². The average Bonchev–Trinajstić information content (AvgIpc) is 3.00. The fourth-order valence-electron chi connectivity index (χ4n) is 3.31. The van der Waals surface area contributed by atoms with Gasteiger partial charge in [0.15, 0.2) is 0 Å². The second-order valence-corrected chi connectivity index (χ2v) is 7.37. The largest absolute Gasteiger partial charge is 0.326 e. The number of carbonyl (C=O) groups is 2. The van der Waals surface area contributed by atoms with Gasteiger partial charge >= 0.3 is 0 Å². The van der Waals surface area contributed by atoms with Crippen LogP contribution in [0.2, 0.25) is 0 Å². The molecule has 3 rings (SSSR count). The van der Waals surface area contributed by atoms with Crippen LogP contribution in [-0.4, -0.2) is 21.6 Å². The van der Waals surface area contributed by atoms with Gasteiger partial charge in [-0.2, -0.15) is 5.10 Å². The topological polar surface area (TPSA) is 76.0 Å². The second-order valence-electron chi connectivity index (χ2n) is 7.37. The molecule has 30 heavy (non-hydrogen) atoms. The number of nitrogens with zero attached hydrogens (tertiary/aromatic N) is 2.